The largest absolute Gasteiger partial charge is 0.497 e. The maximum atomic E-state index is 14.2. The summed E-state index contributed by atoms with van der Waals surface area (Å²) in [5.74, 6) is -2.26. The van der Waals surface area contributed by atoms with Crippen molar-refractivity contribution in [2.75, 3.05) is 20.2 Å². The second-order valence-corrected chi connectivity index (χ2v) is 8.54. The number of halogens is 2. The highest BCUT2D eigenvalue weighted by Crippen LogP contribution is 2.27. The maximum Gasteiger partial charge on any atom is 0.257 e. The standard InChI is InChI=1S/C25H27F2N3O4/c1-34-18-6-2-5-16(13-18)15-28-23(31)21-7-3-11-29(21)25(33)22-8-4-12-30(22)24(32)19-10-9-17(26)14-20(19)27/h2,5-6,9-10,13-14,21-22H,3-4,7-8,11-12,15H2,1H3,(H,28,31)/t21-,22-/m1/s1. The van der Waals surface area contributed by atoms with Gasteiger partial charge in [0.15, 0.2) is 0 Å². The number of benzene rings is 2. The normalized spacial score (nSPS) is 19.9. The number of rotatable bonds is 6. The lowest BCUT2D eigenvalue weighted by molar-refractivity contribution is -0.141. The predicted octanol–water partition coefficient (Wildman–Crippen LogP) is 2.89. The number of methoxy groups -OCH3 is 1. The van der Waals surface area contributed by atoms with Crippen LogP contribution >= 0.6 is 0 Å². The maximum absolute atomic E-state index is 14.2. The Balaban J connectivity index is 1.43. The molecule has 1 N–H and O–H groups in total. The molecule has 2 aliphatic heterocycles. The van der Waals surface area contributed by atoms with Crippen LogP contribution in [0.3, 0.4) is 0 Å². The summed E-state index contributed by atoms with van der Waals surface area (Å²) >= 11 is 0. The van der Waals surface area contributed by atoms with Crippen LogP contribution in [0.2, 0.25) is 0 Å². The summed E-state index contributed by atoms with van der Waals surface area (Å²) in [7, 11) is 1.57. The van der Waals surface area contributed by atoms with Crippen LogP contribution in [0.5, 0.6) is 5.75 Å². The zero-order valence-electron chi connectivity index (χ0n) is 18.9. The average molecular weight is 472 g/mol. The van der Waals surface area contributed by atoms with Crippen LogP contribution in [0.15, 0.2) is 42.5 Å². The Labute approximate surface area is 196 Å². The van der Waals surface area contributed by atoms with Crippen molar-refractivity contribution in [3.8, 4) is 5.75 Å². The van der Waals surface area contributed by atoms with Crippen LogP contribution in [-0.2, 0) is 16.1 Å². The van der Waals surface area contributed by atoms with E-state index in [-0.39, 0.29) is 17.4 Å². The van der Waals surface area contributed by atoms with Gasteiger partial charge in [0.05, 0.1) is 12.7 Å². The molecule has 2 heterocycles. The van der Waals surface area contributed by atoms with Crippen LogP contribution in [0.4, 0.5) is 8.78 Å². The average Bonchev–Trinajstić information content (AvgIpc) is 3.52. The third-order valence-corrected chi connectivity index (χ3v) is 6.40. The topological polar surface area (TPSA) is 79.0 Å². The van der Waals surface area contributed by atoms with Crippen molar-refractivity contribution in [2.24, 2.45) is 0 Å². The molecule has 9 heteroatoms. The number of nitrogens with one attached hydrogen (secondary N) is 1. The zero-order valence-corrected chi connectivity index (χ0v) is 18.9. The van der Waals surface area contributed by atoms with Crippen molar-refractivity contribution in [1.29, 1.82) is 0 Å². The number of carbonyl (C=O) groups is 3. The van der Waals surface area contributed by atoms with E-state index in [1.165, 1.54) is 9.80 Å². The summed E-state index contributed by atoms with van der Waals surface area (Å²) in [5.41, 5.74) is 0.604. The van der Waals surface area contributed by atoms with E-state index >= 15 is 0 Å². The van der Waals surface area contributed by atoms with Crippen molar-refractivity contribution in [3.05, 3.63) is 65.2 Å². The Morgan fingerprint density at radius 2 is 1.74 bits per heavy atom. The zero-order chi connectivity index (χ0) is 24.2. The van der Waals surface area contributed by atoms with E-state index in [0.29, 0.717) is 57.1 Å². The summed E-state index contributed by atoms with van der Waals surface area (Å²) in [5, 5.41) is 2.89. The van der Waals surface area contributed by atoms with Gasteiger partial charge in [-0.1, -0.05) is 12.1 Å². The SMILES string of the molecule is COc1cccc(CNC(=O)[C@H]2CCCN2C(=O)[C@H]2CCCN2C(=O)c2ccc(F)cc2F)c1. The first kappa shape index (κ1) is 23.7. The molecule has 34 heavy (non-hydrogen) atoms. The van der Waals surface area contributed by atoms with Gasteiger partial charge in [0.25, 0.3) is 5.91 Å². The van der Waals surface area contributed by atoms with Gasteiger partial charge in [-0.05, 0) is 55.5 Å². The fraction of sp³-hybridized carbons (Fsp3) is 0.400. The van der Waals surface area contributed by atoms with E-state index in [0.717, 1.165) is 17.7 Å². The van der Waals surface area contributed by atoms with E-state index < -0.39 is 29.6 Å². The van der Waals surface area contributed by atoms with Crippen LogP contribution in [0.25, 0.3) is 0 Å². The number of carbonyl (C=O) groups excluding carboxylic acids is 3. The molecular formula is C25H27F2N3O4. The highest BCUT2D eigenvalue weighted by atomic mass is 19.1. The quantitative estimate of drug-likeness (QED) is 0.703. The van der Waals surface area contributed by atoms with E-state index in [2.05, 4.69) is 5.32 Å². The van der Waals surface area contributed by atoms with Crippen molar-refractivity contribution in [3.63, 3.8) is 0 Å². The van der Waals surface area contributed by atoms with Gasteiger partial charge in [-0.2, -0.15) is 0 Å². The smallest absolute Gasteiger partial charge is 0.257 e. The molecule has 2 aromatic rings. The lowest BCUT2D eigenvalue weighted by atomic mass is 10.1. The number of hydrogen-bond donors (Lipinski definition) is 1. The molecule has 2 saturated heterocycles. The lowest BCUT2D eigenvalue weighted by Crippen LogP contribution is -2.52. The second kappa shape index (κ2) is 10.2. The number of ether oxygens (including phenoxy) is 1. The summed E-state index contributed by atoms with van der Waals surface area (Å²) in [6.07, 6.45) is 2.23. The number of hydrogen-bond acceptors (Lipinski definition) is 4. The van der Waals surface area contributed by atoms with Gasteiger partial charge in [0.2, 0.25) is 11.8 Å². The van der Waals surface area contributed by atoms with E-state index in [1.54, 1.807) is 7.11 Å². The summed E-state index contributed by atoms with van der Waals surface area (Å²) in [6.45, 7) is 1.01. The fourth-order valence-corrected chi connectivity index (χ4v) is 4.67. The Morgan fingerprint density at radius 1 is 1.00 bits per heavy atom. The summed E-state index contributed by atoms with van der Waals surface area (Å²) in [4.78, 5) is 42.1. The molecule has 4 rings (SSSR count). The van der Waals surface area contributed by atoms with Crippen LogP contribution in [-0.4, -0.2) is 59.8 Å². The predicted molar refractivity (Wildman–Crippen MR) is 120 cm³/mol. The van der Waals surface area contributed by atoms with Gasteiger partial charge in [-0.25, -0.2) is 8.78 Å². The monoisotopic (exact) mass is 471 g/mol. The lowest BCUT2D eigenvalue weighted by Gasteiger charge is -2.31. The summed E-state index contributed by atoms with van der Waals surface area (Å²) in [6, 6.07) is 8.72. The molecule has 2 atom stereocenters. The fourth-order valence-electron chi connectivity index (χ4n) is 4.67. The Bertz CT molecular complexity index is 1090. The molecule has 0 aliphatic carbocycles. The van der Waals surface area contributed by atoms with Gasteiger partial charge in [-0.15, -0.1) is 0 Å². The molecule has 0 radical (unpaired) electrons. The van der Waals surface area contributed by atoms with E-state index in [4.69, 9.17) is 4.74 Å². The number of amides is 3. The van der Waals surface area contributed by atoms with Gasteiger partial charge in [0, 0.05) is 25.7 Å². The first-order valence-electron chi connectivity index (χ1n) is 11.4. The summed E-state index contributed by atoms with van der Waals surface area (Å²) < 4.78 is 32.6. The minimum absolute atomic E-state index is 0.255. The molecule has 7 nitrogen and oxygen atoms in total. The molecule has 0 saturated carbocycles. The first-order chi connectivity index (χ1) is 16.4. The first-order valence-corrected chi connectivity index (χ1v) is 11.4. The van der Waals surface area contributed by atoms with Crippen LogP contribution in [0, 0.1) is 11.6 Å². The van der Waals surface area contributed by atoms with Crippen LogP contribution in [0.1, 0.15) is 41.6 Å². The Hall–Kier alpha value is -3.49. The minimum Gasteiger partial charge on any atom is -0.497 e. The Kier molecular flexibility index (Phi) is 7.09. The van der Waals surface area contributed by atoms with Gasteiger partial charge < -0.3 is 19.9 Å². The van der Waals surface area contributed by atoms with Crippen molar-refractivity contribution >= 4 is 17.7 Å². The van der Waals surface area contributed by atoms with Gasteiger partial charge in [0.1, 0.15) is 29.5 Å². The number of nitrogens with zero attached hydrogens (tertiary/aromatic N) is 2. The second-order valence-electron chi connectivity index (χ2n) is 8.54. The third-order valence-electron chi connectivity index (χ3n) is 6.40. The molecule has 2 aliphatic rings. The highest BCUT2D eigenvalue weighted by Gasteiger charge is 2.42. The van der Waals surface area contributed by atoms with Crippen molar-refractivity contribution < 1.29 is 27.9 Å². The third kappa shape index (κ3) is 4.88. The van der Waals surface area contributed by atoms with Gasteiger partial charge >= 0.3 is 0 Å². The van der Waals surface area contributed by atoms with E-state index in [9.17, 15) is 23.2 Å². The molecule has 0 aromatic heterocycles. The van der Waals surface area contributed by atoms with E-state index in [1.807, 2.05) is 24.3 Å². The van der Waals surface area contributed by atoms with Gasteiger partial charge in [-0.3, -0.25) is 14.4 Å². The Morgan fingerprint density at radius 3 is 2.47 bits per heavy atom. The molecule has 3 amide bonds. The minimum atomic E-state index is -0.959. The molecule has 2 fully saturated rings. The molecular weight excluding hydrogens is 444 g/mol. The highest BCUT2D eigenvalue weighted by molar-refractivity contribution is 5.99. The molecule has 0 unspecified atom stereocenters. The molecule has 0 bridgehead atoms. The van der Waals surface area contributed by atoms with Crippen molar-refractivity contribution in [1.82, 2.24) is 15.1 Å². The van der Waals surface area contributed by atoms with Crippen LogP contribution < -0.4 is 10.1 Å². The molecule has 2 aromatic carbocycles. The molecule has 180 valence electrons. The number of likely N-dealkylation sites (tertiary alicyclic amines) is 2. The van der Waals surface area contributed by atoms with Crippen molar-refractivity contribution in [2.45, 2.75) is 44.3 Å². The molecule has 0 spiro atoms.